The van der Waals surface area contributed by atoms with Crippen LogP contribution in [0.4, 0.5) is 5.69 Å². The van der Waals surface area contributed by atoms with Gasteiger partial charge >= 0.3 is 0 Å². The molecule has 4 aromatic carbocycles. The van der Waals surface area contributed by atoms with Crippen molar-refractivity contribution in [1.29, 1.82) is 0 Å². The largest absolute Gasteiger partial charge is 0.354 e. The van der Waals surface area contributed by atoms with Crippen LogP contribution in [0.15, 0.2) is 112 Å². The Hall–Kier alpha value is -3.95. The van der Waals surface area contributed by atoms with Gasteiger partial charge < -0.3 is 10.2 Å². The number of rotatable bonds is 14. The van der Waals surface area contributed by atoms with Gasteiger partial charge in [0.25, 0.3) is 10.0 Å². The summed E-state index contributed by atoms with van der Waals surface area (Å²) in [6.45, 7) is 5.94. The monoisotopic (exact) mass is 689 g/mol. The topological polar surface area (TPSA) is 86.8 Å². The lowest BCUT2D eigenvalue weighted by atomic mass is 10.0. The van der Waals surface area contributed by atoms with Gasteiger partial charge in [0, 0.05) is 24.0 Å². The maximum atomic E-state index is 14.6. The minimum Gasteiger partial charge on any atom is -0.354 e. The van der Waals surface area contributed by atoms with Crippen LogP contribution in [-0.4, -0.2) is 44.3 Å². The van der Waals surface area contributed by atoms with E-state index in [2.05, 4.69) is 21.2 Å². The predicted molar refractivity (Wildman–Crippen MR) is 183 cm³/mol. The van der Waals surface area contributed by atoms with Gasteiger partial charge in [0.05, 0.1) is 10.6 Å². The number of hydrogen-bond acceptors (Lipinski definition) is 4. The van der Waals surface area contributed by atoms with Gasteiger partial charge in [-0.15, -0.1) is 0 Å². The third-order valence-electron chi connectivity index (χ3n) is 7.45. The van der Waals surface area contributed by atoms with Gasteiger partial charge in [-0.1, -0.05) is 96.0 Å². The van der Waals surface area contributed by atoms with E-state index in [-0.39, 0.29) is 23.8 Å². The highest BCUT2D eigenvalue weighted by molar-refractivity contribution is 9.10. The zero-order chi connectivity index (χ0) is 32.4. The van der Waals surface area contributed by atoms with E-state index in [1.165, 1.54) is 17.0 Å². The van der Waals surface area contributed by atoms with Crippen LogP contribution >= 0.6 is 15.9 Å². The number of nitrogens with one attached hydrogen (secondary N) is 1. The lowest BCUT2D eigenvalue weighted by Gasteiger charge is -2.34. The molecule has 0 aliphatic carbocycles. The average molecular weight is 691 g/mol. The highest BCUT2D eigenvalue weighted by Gasteiger charge is 2.34. The molecule has 0 aliphatic heterocycles. The van der Waals surface area contributed by atoms with Crippen molar-refractivity contribution in [3.05, 3.63) is 130 Å². The van der Waals surface area contributed by atoms with Gasteiger partial charge in [0.1, 0.15) is 12.6 Å². The van der Waals surface area contributed by atoms with E-state index in [1.54, 1.807) is 30.3 Å². The second kappa shape index (κ2) is 15.9. The molecule has 0 saturated carbocycles. The van der Waals surface area contributed by atoms with Crippen molar-refractivity contribution >= 4 is 43.5 Å². The highest BCUT2D eigenvalue weighted by Crippen LogP contribution is 2.27. The Balaban J connectivity index is 1.81. The predicted octanol–water partition coefficient (Wildman–Crippen LogP) is 6.82. The molecule has 0 aliphatic rings. The van der Waals surface area contributed by atoms with Crippen LogP contribution in [0.2, 0.25) is 0 Å². The number of nitrogens with zero attached hydrogens (tertiary/aromatic N) is 2. The van der Waals surface area contributed by atoms with Gasteiger partial charge in [-0.3, -0.25) is 13.9 Å². The number of carbonyl (C=O) groups excluding carboxylic acids is 2. The van der Waals surface area contributed by atoms with Crippen LogP contribution in [0.1, 0.15) is 42.0 Å². The Morgan fingerprint density at radius 2 is 1.44 bits per heavy atom. The maximum absolute atomic E-state index is 14.6. The van der Waals surface area contributed by atoms with Crippen LogP contribution in [0.5, 0.6) is 0 Å². The minimum absolute atomic E-state index is 0.0774. The first-order valence-electron chi connectivity index (χ1n) is 15.1. The lowest BCUT2D eigenvalue weighted by molar-refractivity contribution is -0.140. The summed E-state index contributed by atoms with van der Waals surface area (Å²) in [7, 11) is -4.14. The summed E-state index contributed by atoms with van der Waals surface area (Å²) < 4.78 is 30.3. The second-order valence-corrected chi connectivity index (χ2v) is 14.0. The van der Waals surface area contributed by atoms with Gasteiger partial charge in [-0.05, 0) is 78.9 Å². The zero-order valence-corrected chi connectivity index (χ0v) is 28.4. The molecular formula is C36H40BrN3O4S. The van der Waals surface area contributed by atoms with Crippen LogP contribution in [0, 0.1) is 13.8 Å². The molecule has 0 saturated heterocycles. The Bertz CT molecular complexity index is 1680. The molecule has 236 valence electrons. The van der Waals surface area contributed by atoms with Crippen molar-refractivity contribution in [1.82, 2.24) is 10.2 Å². The average Bonchev–Trinajstić information content (AvgIpc) is 3.02. The van der Waals surface area contributed by atoms with E-state index in [0.717, 1.165) is 43.9 Å². The van der Waals surface area contributed by atoms with Gasteiger partial charge in [-0.2, -0.15) is 0 Å². The van der Waals surface area contributed by atoms with E-state index in [4.69, 9.17) is 0 Å². The summed E-state index contributed by atoms with van der Waals surface area (Å²) >= 11 is 3.52. The lowest BCUT2D eigenvalue weighted by Crippen LogP contribution is -2.53. The van der Waals surface area contributed by atoms with Crippen LogP contribution in [0.3, 0.4) is 0 Å². The van der Waals surface area contributed by atoms with E-state index in [9.17, 15) is 18.0 Å². The molecule has 0 spiro atoms. The van der Waals surface area contributed by atoms with Gasteiger partial charge in [0.15, 0.2) is 0 Å². The summed E-state index contributed by atoms with van der Waals surface area (Å²) in [5.74, 6) is -0.764. The first kappa shape index (κ1) is 33.9. The van der Waals surface area contributed by atoms with Crippen LogP contribution in [0.25, 0.3) is 0 Å². The van der Waals surface area contributed by atoms with Crippen LogP contribution < -0.4 is 9.62 Å². The Morgan fingerprint density at radius 3 is 2.07 bits per heavy atom. The Kier molecular flexibility index (Phi) is 12.0. The van der Waals surface area contributed by atoms with Gasteiger partial charge in [-0.25, -0.2) is 8.42 Å². The molecule has 1 atom stereocenters. The SMILES string of the molecule is CCCCNC(=O)[C@H](Cc1ccccc1)N(Cc1cccc(Br)c1)C(=O)CN(c1cc(C)cc(C)c1)S(=O)(=O)c1ccccc1. The maximum Gasteiger partial charge on any atom is 0.264 e. The third-order valence-corrected chi connectivity index (χ3v) is 9.73. The van der Waals surface area contributed by atoms with Crippen molar-refractivity contribution in [2.45, 2.75) is 57.5 Å². The molecule has 4 aromatic rings. The number of unbranched alkanes of at least 4 members (excludes halogenated alkanes) is 1. The molecule has 0 radical (unpaired) electrons. The molecule has 1 N–H and O–H groups in total. The molecule has 0 aromatic heterocycles. The number of amides is 2. The summed E-state index contributed by atoms with van der Waals surface area (Å²) in [6.07, 6.45) is 1.99. The first-order chi connectivity index (χ1) is 21.6. The fourth-order valence-corrected chi connectivity index (χ4v) is 7.10. The van der Waals surface area contributed by atoms with Crippen molar-refractivity contribution < 1.29 is 18.0 Å². The van der Waals surface area contributed by atoms with E-state index in [0.29, 0.717) is 12.2 Å². The summed E-state index contributed by atoms with van der Waals surface area (Å²) in [5, 5.41) is 3.02. The number of anilines is 1. The summed E-state index contributed by atoms with van der Waals surface area (Å²) in [5.41, 5.74) is 3.83. The number of aryl methyl sites for hydroxylation is 2. The normalized spacial score (nSPS) is 11.9. The van der Waals surface area contributed by atoms with Gasteiger partial charge in [0.2, 0.25) is 11.8 Å². The van der Waals surface area contributed by atoms with Crippen molar-refractivity contribution in [2.75, 3.05) is 17.4 Å². The minimum atomic E-state index is -4.14. The summed E-state index contributed by atoms with van der Waals surface area (Å²) in [6, 6.07) is 29.8. The van der Waals surface area contributed by atoms with Crippen molar-refractivity contribution in [3.8, 4) is 0 Å². The number of halogens is 1. The number of benzene rings is 4. The Labute approximate surface area is 275 Å². The van der Waals surface area contributed by atoms with E-state index in [1.807, 2.05) is 81.4 Å². The fraction of sp³-hybridized carbons (Fsp3) is 0.278. The van der Waals surface area contributed by atoms with E-state index >= 15 is 0 Å². The molecule has 7 nitrogen and oxygen atoms in total. The molecule has 0 unspecified atom stereocenters. The van der Waals surface area contributed by atoms with Crippen molar-refractivity contribution in [3.63, 3.8) is 0 Å². The first-order valence-corrected chi connectivity index (χ1v) is 17.3. The molecule has 0 bridgehead atoms. The molecule has 0 heterocycles. The molecular weight excluding hydrogens is 650 g/mol. The summed E-state index contributed by atoms with van der Waals surface area (Å²) in [4.78, 5) is 30.0. The van der Waals surface area contributed by atoms with E-state index < -0.39 is 28.5 Å². The molecule has 0 fully saturated rings. The Morgan fingerprint density at radius 1 is 0.822 bits per heavy atom. The fourth-order valence-electron chi connectivity index (χ4n) is 5.24. The highest BCUT2D eigenvalue weighted by atomic mass is 79.9. The number of hydrogen-bond donors (Lipinski definition) is 1. The molecule has 45 heavy (non-hydrogen) atoms. The van der Waals surface area contributed by atoms with Crippen LogP contribution in [-0.2, 0) is 32.6 Å². The number of sulfonamides is 1. The smallest absolute Gasteiger partial charge is 0.264 e. The third kappa shape index (κ3) is 9.28. The standard InChI is InChI=1S/C36H40BrN3O4S/c1-4-5-19-38-36(42)34(24-29-13-8-6-9-14-29)39(25-30-15-12-16-31(37)23-30)35(41)26-40(32-21-27(2)20-28(3)22-32)45(43,44)33-17-10-7-11-18-33/h6-18,20-23,34H,4-5,19,24-26H2,1-3H3,(H,38,42)/t34-/m0/s1. The molecule has 2 amide bonds. The number of carbonyl (C=O) groups is 2. The molecule has 9 heteroatoms. The second-order valence-electron chi connectivity index (χ2n) is 11.2. The zero-order valence-electron chi connectivity index (χ0n) is 25.9. The quantitative estimate of drug-likeness (QED) is 0.147. The van der Waals surface area contributed by atoms with Crippen molar-refractivity contribution in [2.24, 2.45) is 0 Å². The molecule has 4 rings (SSSR count).